The molecule has 1 aliphatic heterocycles. The molecule has 0 atom stereocenters. The first kappa shape index (κ1) is 58.4. The molecule has 8 heteroatoms. The average Bonchev–Trinajstić information content (AvgIpc) is 4.05. The van der Waals surface area contributed by atoms with Crippen molar-refractivity contribution < 1.29 is 20.8 Å². The van der Waals surface area contributed by atoms with Gasteiger partial charge < -0.3 is 0 Å². The first-order valence-electron chi connectivity index (χ1n) is 26.5. The van der Waals surface area contributed by atoms with Gasteiger partial charge in [-0.25, -0.2) is 0 Å². The number of benzene rings is 6. The maximum Gasteiger partial charge on any atom is 0.0920 e. The number of rotatable bonds is 12. The number of hydrogen-bond acceptors (Lipinski definition) is 0. The average molecular weight is 1150 g/mol. The van der Waals surface area contributed by atoms with Crippen molar-refractivity contribution in [3.63, 3.8) is 0 Å². The molecule has 2 radical (unpaired) electrons. The molecular weight excluding hydrogens is 1070 g/mol. The standard InChI is InChI=1S/2C26H37Si2.C12H7Si.2ClH.Zr/c2*1-9-11-19-14-21-13-12-20(10-2)26(25(21)15-19)22-16-23(27(3,4)5)18-24(17-22)28(6,7)8;1-3-7-11-9(5-1)10-6-2-4-8-12(10)13-11;;;/h2*12-18H,9-11H2,1-8H3;1-7H;2*1H;/q3*-1;;;+2/p-2. The summed E-state index contributed by atoms with van der Waals surface area (Å²) in [6.07, 6.45) is 6.92. The minimum absolute atomic E-state index is 0.795. The van der Waals surface area contributed by atoms with Crippen LogP contribution in [0.5, 0.6) is 0 Å². The van der Waals surface area contributed by atoms with Gasteiger partial charge in [0.15, 0.2) is 0 Å². The van der Waals surface area contributed by atoms with Crippen LogP contribution in [-0.2, 0) is 46.5 Å². The van der Waals surface area contributed by atoms with Crippen LogP contribution in [-0.4, -0.2) is 41.8 Å². The van der Waals surface area contributed by atoms with Crippen LogP contribution in [0.4, 0.5) is 0 Å². The molecule has 0 aliphatic carbocycles. The van der Waals surface area contributed by atoms with Gasteiger partial charge in [0.05, 0.1) is 41.8 Å². The Bertz CT molecular complexity index is 2820. The Morgan fingerprint density at radius 1 is 0.486 bits per heavy atom. The second-order valence-corrected chi connectivity index (χ2v) is 49.3. The Balaban J connectivity index is 0.000000181. The maximum atomic E-state index is 4.93. The molecule has 0 spiro atoms. The summed E-state index contributed by atoms with van der Waals surface area (Å²) in [6, 6.07) is 52.5. The summed E-state index contributed by atoms with van der Waals surface area (Å²) in [5.74, 6) is 0. The molecule has 8 aromatic carbocycles. The summed E-state index contributed by atoms with van der Waals surface area (Å²) in [5.41, 5.74) is 14.6. The van der Waals surface area contributed by atoms with E-state index in [-0.39, 0.29) is 0 Å². The van der Waals surface area contributed by atoms with Gasteiger partial charge in [-0.05, 0) is 36.8 Å². The van der Waals surface area contributed by atoms with Crippen LogP contribution in [0.1, 0.15) is 62.8 Å². The smallest absolute Gasteiger partial charge is 0.0920 e. The van der Waals surface area contributed by atoms with Crippen LogP contribution in [0.2, 0.25) is 78.6 Å². The third kappa shape index (κ3) is 14.3. The monoisotopic (exact) mass is 1150 g/mol. The Morgan fingerprint density at radius 3 is 1.25 bits per heavy atom. The summed E-state index contributed by atoms with van der Waals surface area (Å²) >= 11 is -0.826. The van der Waals surface area contributed by atoms with Crippen LogP contribution in [0.3, 0.4) is 0 Å². The summed E-state index contributed by atoms with van der Waals surface area (Å²) in [5, 5.41) is 14.9. The van der Waals surface area contributed by atoms with Crippen molar-refractivity contribution in [1.29, 1.82) is 0 Å². The minimum Gasteiger partial charge on any atom is -0.184 e. The third-order valence-corrected chi connectivity index (χ3v) is 23.6. The summed E-state index contributed by atoms with van der Waals surface area (Å²) in [4.78, 5) is 0. The van der Waals surface area contributed by atoms with Gasteiger partial charge in [0.2, 0.25) is 0 Å². The normalized spacial score (nSPS) is 12.3. The Hall–Kier alpha value is -2.91. The van der Waals surface area contributed by atoms with Gasteiger partial charge in [-0.15, -0.1) is 74.6 Å². The molecule has 0 aromatic heterocycles. The van der Waals surface area contributed by atoms with Crippen molar-refractivity contribution >= 4 is 112 Å². The Morgan fingerprint density at radius 2 is 0.875 bits per heavy atom. The van der Waals surface area contributed by atoms with Crippen molar-refractivity contribution in [1.82, 2.24) is 0 Å². The van der Waals surface area contributed by atoms with Gasteiger partial charge in [0.25, 0.3) is 0 Å². The fraction of sp³-hybridized carbons (Fsp3) is 0.344. The minimum atomic E-state index is -1.39. The number of fused-ring (bicyclic) bond motifs is 5. The zero-order valence-electron chi connectivity index (χ0n) is 46.6. The van der Waals surface area contributed by atoms with Crippen LogP contribution < -0.4 is 31.1 Å². The van der Waals surface area contributed by atoms with Crippen LogP contribution in [0.15, 0.2) is 127 Å². The van der Waals surface area contributed by atoms with Gasteiger partial charge in [-0.1, -0.05) is 234 Å². The predicted molar refractivity (Wildman–Crippen MR) is 336 cm³/mol. The van der Waals surface area contributed by atoms with E-state index in [9.17, 15) is 0 Å². The molecule has 0 nitrogen and oxygen atoms in total. The SMILES string of the molecule is CCCc1cc2c(-c3cc([Si](C)(C)C)cc([Si](C)(C)C)c3)c(CC)ccc2[cH-]1.CCCc1cc2c(-c3cc([Si](C)(C)C)cc([Si](C)(C)C)c3)c(CC)ccc2[cH-]1.[Cl][Zr][Cl].[c-]1cccc2c1[Si]c1ccccc1-2. The van der Waals surface area contributed by atoms with Gasteiger partial charge in [0, 0.05) is 0 Å². The van der Waals surface area contributed by atoms with E-state index >= 15 is 0 Å². The van der Waals surface area contributed by atoms with Crippen LogP contribution >= 0.6 is 17.0 Å². The Labute approximate surface area is 462 Å². The number of aryl methyl sites for hydroxylation is 4. The van der Waals surface area contributed by atoms with Gasteiger partial charge in [-0.2, -0.15) is 41.6 Å². The van der Waals surface area contributed by atoms with Crippen molar-refractivity contribution in [2.75, 3.05) is 0 Å². The van der Waals surface area contributed by atoms with E-state index in [0.717, 1.165) is 22.4 Å². The molecule has 0 saturated carbocycles. The molecule has 72 heavy (non-hydrogen) atoms. The maximum absolute atomic E-state index is 4.93. The van der Waals surface area contributed by atoms with Crippen molar-refractivity contribution in [3.05, 3.63) is 156 Å². The van der Waals surface area contributed by atoms with Gasteiger partial charge in [-0.3, -0.25) is 0 Å². The van der Waals surface area contributed by atoms with Crippen molar-refractivity contribution in [2.24, 2.45) is 0 Å². The quantitative estimate of drug-likeness (QED) is 0.0845. The molecule has 1 aliphatic rings. The van der Waals surface area contributed by atoms with E-state index in [0.29, 0.717) is 0 Å². The van der Waals surface area contributed by atoms with Crippen molar-refractivity contribution in [3.8, 4) is 33.4 Å². The molecule has 1 heterocycles. The molecule has 0 fully saturated rings. The van der Waals surface area contributed by atoms with E-state index in [1.807, 2.05) is 6.07 Å². The van der Waals surface area contributed by atoms with Gasteiger partial charge in [0.1, 0.15) is 0 Å². The molecule has 0 amide bonds. The van der Waals surface area contributed by atoms with Gasteiger partial charge >= 0.3 is 37.9 Å². The second-order valence-electron chi connectivity index (χ2n) is 23.9. The molecule has 9 rings (SSSR count). The summed E-state index contributed by atoms with van der Waals surface area (Å²) < 4.78 is 0. The zero-order chi connectivity index (χ0) is 52.8. The molecule has 8 aromatic rings. The molecular formula is C64H81Cl2Si5Zr-3. The largest absolute Gasteiger partial charge is 0.184 e. The van der Waals surface area contributed by atoms with E-state index in [4.69, 9.17) is 17.0 Å². The van der Waals surface area contributed by atoms with E-state index in [1.54, 1.807) is 20.7 Å². The first-order valence-corrected chi connectivity index (χ1v) is 47.9. The molecule has 378 valence electrons. The second kappa shape index (κ2) is 24.8. The van der Waals surface area contributed by atoms with E-state index in [1.165, 1.54) is 113 Å². The molecule has 0 N–H and O–H groups in total. The molecule has 0 unspecified atom stereocenters. The van der Waals surface area contributed by atoms with Crippen molar-refractivity contribution in [2.45, 2.75) is 145 Å². The van der Waals surface area contributed by atoms with E-state index in [2.05, 4.69) is 234 Å². The predicted octanol–water partition coefficient (Wildman–Crippen LogP) is 16.2. The van der Waals surface area contributed by atoms with Crippen LogP contribution in [0.25, 0.3) is 54.9 Å². The molecule has 0 saturated heterocycles. The topological polar surface area (TPSA) is 0 Å². The fourth-order valence-corrected chi connectivity index (χ4v) is 16.2. The van der Waals surface area contributed by atoms with Crippen LogP contribution in [0, 0.1) is 6.07 Å². The van der Waals surface area contributed by atoms with E-state index < -0.39 is 53.1 Å². The fourth-order valence-electron chi connectivity index (χ4n) is 9.92. The number of halogens is 2. The first-order chi connectivity index (χ1) is 33.9. The molecule has 0 bridgehead atoms. The zero-order valence-corrected chi connectivity index (χ0v) is 55.6. The Kier molecular flexibility index (Phi) is 20.1. The summed E-state index contributed by atoms with van der Waals surface area (Å²) in [6.45, 7) is 38.8. The third-order valence-electron chi connectivity index (χ3n) is 14.2. The summed E-state index contributed by atoms with van der Waals surface area (Å²) in [7, 11) is 5.11. The number of hydrogen-bond donors (Lipinski definition) is 0.